The van der Waals surface area contributed by atoms with Crippen molar-refractivity contribution in [1.29, 1.82) is 0 Å². The minimum atomic E-state index is -1.18. The Balaban J connectivity index is 2.28. The lowest BCUT2D eigenvalue weighted by Crippen LogP contribution is -2.14. The maximum Gasteiger partial charge on any atom is 0.255 e. The Labute approximate surface area is 118 Å². The average Bonchev–Trinajstić information content (AvgIpc) is 2.42. The van der Waals surface area contributed by atoms with E-state index in [1.54, 1.807) is 12.1 Å². The zero-order valence-electron chi connectivity index (χ0n) is 10.1. The lowest BCUT2D eigenvalue weighted by molar-refractivity contribution is 0.102. The summed E-state index contributed by atoms with van der Waals surface area (Å²) < 4.78 is 39.6. The molecule has 0 fully saturated rings. The van der Waals surface area contributed by atoms with Crippen molar-refractivity contribution in [3.05, 3.63) is 65.0 Å². The number of benzene rings is 2. The number of anilines is 1. The first-order valence-electron chi connectivity index (χ1n) is 5.62. The molecular formula is C14H9ClF3NO. The second kappa shape index (κ2) is 5.96. The van der Waals surface area contributed by atoms with Gasteiger partial charge in [-0.25, -0.2) is 13.2 Å². The molecule has 0 spiro atoms. The largest absolute Gasteiger partial charge is 0.317 e. The second-order valence-electron chi connectivity index (χ2n) is 4.03. The van der Waals surface area contributed by atoms with E-state index in [1.807, 2.05) is 0 Å². The van der Waals surface area contributed by atoms with Crippen molar-refractivity contribution in [3.63, 3.8) is 0 Å². The number of carbonyl (C=O) groups is 1. The van der Waals surface area contributed by atoms with E-state index in [0.717, 1.165) is 0 Å². The third-order valence-corrected chi connectivity index (χ3v) is 2.90. The molecule has 1 amide bonds. The first-order chi connectivity index (χ1) is 9.51. The van der Waals surface area contributed by atoms with Crippen molar-refractivity contribution in [3.8, 4) is 0 Å². The summed E-state index contributed by atoms with van der Waals surface area (Å²) in [5.41, 5.74) is 0.207. The Morgan fingerprint density at radius 3 is 2.35 bits per heavy atom. The molecule has 1 N–H and O–H groups in total. The summed E-state index contributed by atoms with van der Waals surface area (Å²) in [6.45, 7) is 0. The van der Waals surface area contributed by atoms with Crippen LogP contribution in [0, 0.1) is 17.5 Å². The quantitative estimate of drug-likeness (QED) is 0.850. The van der Waals surface area contributed by atoms with Crippen LogP contribution in [0.15, 0.2) is 36.4 Å². The van der Waals surface area contributed by atoms with Gasteiger partial charge in [0.2, 0.25) is 0 Å². The van der Waals surface area contributed by atoms with Crippen LogP contribution in [0.2, 0.25) is 0 Å². The van der Waals surface area contributed by atoms with Crippen LogP contribution in [0.25, 0.3) is 0 Å². The van der Waals surface area contributed by atoms with Gasteiger partial charge in [-0.3, -0.25) is 4.79 Å². The topological polar surface area (TPSA) is 29.1 Å². The summed E-state index contributed by atoms with van der Waals surface area (Å²) in [4.78, 5) is 11.9. The summed E-state index contributed by atoms with van der Waals surface area (Å²) >= 11 is 5.64. The number of carbonyl (C=O) groups excluding carboxylic acids is 1. The number of hydrogen-bond donors (Lipinski definition) is 1. The molecule has 0 saturated carbocycles. The van der Waals surface area contributed by atoms with Gasteiger partial charge >= 0.3 is 0 Å². The normalized spacial score (nSPS) is 10.4. The Bertz CT molecular complexity index is 638. The molecular weight excluding hydrogens is 291 g/mol. The summed E-state index contributed by atoms with van der Waals surface area (Å²) in [7, 11) is 0. The second-order valence-corrected chi connectivity index (χ2v) is 4.30. The van der Waals surface area contributed by atoms with E-state index in [4.69, 9.17) is 11.6 Å². The molecule has 2 rings (SSSR count). The van der Waals surface area contributed by atoms with Gasteiger partial charge in [-0.15, -0.1) is 11.6 Å². The highest BCUT2D eigenvalue weighted by Crippen LogP contribution is 2.21. The molecule has 2 aromatic carbocycles. The average molecular weight is 300 g/mol. The van der Waals surface area contributed by atoms with Crippen LogP contribution < -0.4 is 5.32 Å². The van der Waals surface area contributed by atoms with E-state index in [-0.39, 0.29) is 11.4 Å². The molecule has 0 bridgehead atoms. The van der Waals surface area contributed by atoms with Gasteiger partial charge in [-0.05, 0) is 17.7 Å². The number of halogens is 4. The Hall–Kier alpha value is -2.01. The van der Waals surface area contributed by atoms with Crippen LogP contribution in [0.4, 0.5) is 18.9 Å². The molecule has 0 unspecified atom stereocenters. The monoisotopic (exact) mass is 299 g/mol. The van der Waals surface area contributed by atoms with Crippen molar-refractivity contribution >= 4 is 23.2 Å². The van der Waals surface area contributed by atoms with Gasteiger partial charge in [0, 0.05) is 23.6 Å². The van der Waals surface area contributed by atoms with Crippen LogP contribution in [-0.2, 0) is 5.88 Å². The predicted molar refractivity (Wildman–Crippen MR) is 70.3 cm³/mol. The van der Waals surface area contributed by atoms with Crippen molar-refractivity contribution < 1.29 is 18.0 Å². The molecule has 0 aromatic heterocycles. The fourth-order valence-electron chi connectivity index (χ4n) is 1.64. The van der Waals surface area contributed by atoms with E-state index in [1.165, 1.54) is 12.1 Å². The molecule has 2 aromatic rings. The van der Waals surface area contributed by atoms with Crippen LogP contribution >= 0.6 is 11.6 Å². The molecule has 0 aliphatic rings. The predicted octanol–water partition coefficient (Wildman–Crippen LogP) is 4.10. The number of nitrogens with one attached hydrogen (secondary N) is 1. The van der Waals surface area contributed by atoms with Gasteiger partial charge in [-0.2, -0.15) is 0 Å². The van der Waals surface area contributed by atoms with Crippen molar-refractivity contribution in [1.82, 2.24) is 0 Å². The molecule has 2 nitrogen and oxygen atoms in total. The maximum absolute atomic E-state index is 13.4. The molecule has 0 heterocycles. The van der Waals surface area contributed by atoms with Gasteiger partial charge in [0.15, 0.2) is 11.6 Å². The van der Waals surface area contributed by atoms with E-state index >= 15 is 0 Å². The van der Waals surface area contributed by atoms with Crippen molar-refractivity contribution in [2.45, 2.75) is 5.88 Å². The van der Waals surface area contributed by atoms with Crippen LogP contribution in [0.5, 0.6) is 0 Å². The van der Waals surface area contributed by atoms with Crippen molar-refractivity contribution in [2.75, 3.05) is 5.32 Å². The SMILES string of the molecule is O=C(Nc1c(F)cc(F)cc1F)c1cccc(CCl)c1. The number of alkyl halides is 1. The van der Waals surface area contributed by atoms with Gasteiger partial charge in [0.25, 0.3) is 5.91 Å². The Kier molecular flexibility index (Phi) is 4.29. The van der Waals surface area contributed by atoms with E-state index in [0.29, 0.717) is 17.7 Å². The van der Waals surface area contributed by atoms with Crippen LogP contribution in [-0.4, -0.2) is 5.91 Å². The van der Waals surface area contributed by atoms with Gasteiger partial charge in [0.1, 0.15) is 11.5 Å². The summed E-state index contributed by atoms with van der Waals surface area (Å²) in [5.74, 6) is -3.90. The lowest BCUT2D eigenvalue weighted by Gasteiger charge is -2.08. The van der Waals surface area contributed by atoms with Gasteiger partial charge < -0.3 is 5.32 Å². The third kappa shape index (κ3) is 3.11. The van der Waals surface area contributed by atoms with E-state index in [2.05, 4.69) is 5.32 Å². The summed E-state index contributed by atoms with van der Waals surface area (Å²) in [6.07, 6.45) is 0. The van der Waals surface area contributed by atoms with E-state index in [9.17, 15) is 18.0 Å². The zero-order valence-corrected chi connectivity index (χ0v) is 10.8. The van der Waals surface area contributed by atoms with E-state index < -0.39 is 29.0 Å². The highest BCUT2D eigenvalue weighted by atomic mass is 35.5. The number of amides is 1. The van der Waals surface area contributed by atoms with Gasteiger partial charge in [0.05, 0.1) is 0 Å². The molecule has 0 aliphatic heterocycles. The Morgan fingerprint density at radius 2 is 1.75 bits per heavy atom. The molecule has 20 heavy (non-hydrogen) atoms. The van der Waals surface area contributed by atoms with Crippen molar-refractivity contribution in [2.24, 2.45) is 0 Å². The minimum Gasteiger partial charge on any atom is -0.317 e. The summed E-state index contributed by atoms with van der Waals surface area (Å²) in [6, 6.07) is 7.28. The number of rotatable bonds is 3. The molecule has 0 aliphatic carbocycles. The highest BCUT2D eigenvalue weighted by Gasteiger charge is 2.15. The Morgan fingerprint density at radius 1 is 1.10 bits per heavy atom. The molecule has 104 valence electrons. The highest BCUT2D eigenvalue weighted by molar-refractivity contribution is 6.17. The molecule has 6 heteroatoms. The van der Waals surface area contributed by atoms with Crippen LogP contribution in [0.3, 0.4) is 0 Å². The maximum atomic E-state index is 13.4. The smallest absolute Gasteiger partial charge is 0.255 e. The first kappa shape index (κ1) is 14.4. The fraction of sp³-hybridized carbons (Fsp3) is 0.0714. The third-order valence-electron chi connectivity index (χ3n) is 2.59. The fourth-order valence-corrected chi connectivity index (χ4v) is 1.81. The van der Waals surface area contributed by atoms with Gasteiger partial charge in [-0.1, -0.05) is 12.1 Å². The number of hydrogen-bond acceptors (Lipinski definition) is 1. The standard InChI is InChI=1S/C14H9ClF3NO/c15-7-8-2-1-3-9(4-8)14(20)19-13-11(17)5-10(16)6-12(13)18/h1-6H,7H2,(H,19,20). The molecule has 0 saturated heterocycles. The summed E-state index contributed by atoms with van der Waals surface area (Å²) in [5, 5.41) is 2.07. The zero-order chi connectivity index (χ0) is 14.7. The molecule has 0 atom stereocenters. The lowest BCUT2D eigenvalue weighted by atomic mass is 10.1. The van der Waals surface area contributed by atoms with Crippen LogP contribution in [0.1, 0.15) is 15.9 Å². The minimum absolute atomic E-state index is 0.200. The first-order valence-corrected chi connectivity index (χ1v) is 6.15. The molecule has 0 radical (unpaired) electrons.